The molecule has 0 radical (unpaired) electrons. The second-order valence-corrected chi connectivity index (χ2v) is 6.87. The normalized spacial score (nSPS) is 12.7. The van der Waals surface area contributed by atoms with Gasteiger partial charge < -0.3 is 5.32 Å². The lowest BCUT2D eigenvalue weighted by atomic mass is 10.2. The summed E-state index contributed by atoms with van der Waals surface area (Å²) >= 11 is 1.60. The smallest absolute Gasteiger partial charge is 0.242 e. The van der Waals surface area contributed by atoms with E-state index in [1.165, 1.54) is 0 Å². The molecule has 3 rings (SSSR count). The summed E-state index contributed by atoms with van der Waals surface area (Å²) in [6, 6.07) is 7.84. The second-order valence-electron chi connectivity index (χ2n) is 5.80. The summed E-state index contributed by atoms with van der Waals surface area (Å²) in [6.45, 7) is 6.19. The van der Waals surface area contributed by atoms with Crippen molar-refractivity contribution >= 4 is 27.5 Å². The number of benzene rings is 1. The van der Waals surface area contributed by atoms with Crippen molar-refractivity contribution in [2.24, 2.45) is 0 Å². The molecule has 0 bridgehead atoms. The SMILES string of the molecule is CC(C)c1cn(CC(=O)N[C@@H](C)c2nc3ccccc3s2)nn1. The highest BCUT2D eigenvalue weighted by Gasteiger charge is 2.15. The molecule has 0 aliphatic heterocycles. The molecule has 23 heavy (non-hydrogen) atoms. The highest BCUT2D eigenvalue weighted by atomic mass is 32.1. The summed E-state index contributed by atoms with van der Waals surface area (Å²) < 4.78 is 2.69. The first-order chi connectivity index (χ1) is 11.0. The number of hydrogen-bond donors (Lipinski definition) is 1. The molecule has 120 valence electrons. The van der Waals surface area contributed by atoms with Crippen LogP contribution in [0.2, 0.25) is 0 Å². The molecule has 0 saturated carbocycles. The van der Waals surface area contributed by atoms with Crippen LogP contribution in [0.5, 0.6) is 0 Å². The molecule has 0 unspecified atom stereocenters. The van der Waals surface area contributed by atoms with Gasteiger partial charge in [-0.05, 0) is 25.0 Å². The van der Waals surface area contributed by atoms with Crippen LogP contribution in [0.1, 0.15) is 43.4 Å². The maximum Gasteiger partial charge on any atom is 0.242 e. The van der Waals surface area contributed by atoms with Gasteiger partial charge in [0.1, 0.15) is 11.6 Å². The molecule has 6 nitrogen and oxygen atoms in total. The summed E-state index contributed by atoms with van der Waals surface area (Å²) in [5, 5.41) is 11.9. The van der Waals surface area contributed by atoms with Gasteiger partial charge in [0.15, 0.2) is 0 Å². The maximum absolute atomic E-state index is 12.2. The summed E-state index contributed by atoms with van der Waals surface area (Å²) in [7, 11) is 0. The van der Waals surface area contributed by atoms with Gasteiger partial charge in [-0.25, -0.2) is 9.67 Å². The van der Waals surface area contributed by atoms with Crippen LogP contribution in [0, 0.1) is 0 Å². The van der Waals surface area contributed by atoms with Gasteiger partial charge in [-0.1, -0.05) is 31.2 Å². The van der Waals surface area contributed by atoms with Crippen LogP contribution in [-0.4, -0.2) is 25.9 Å². The molecule has 0 spiro atoms. The van der Waals surface area contributed by atoms with E-state index in [0.717, 1.165) is 20.9 Å². The number of aromatic nitrogens is 4. The van der Waals surface area contributed by atoms with Crippen molar-refractivity contribution in [1.29, 1.82) is 0 Å². The summed E-state index contributed by atoms with van der Waals surface area (Å²) in [6.07, 6.45) is 1.81. The fourth-order valence-corrected chi connectivity index (χ4v) is 3.20. The van der Waals surface area contributed by atoms with Gasteiger partial charge >= 0.3 is 0 Å². The van der Waals surface area contributed by atoms with E-state index in [1.54, 1.807) is 16.0 Å². The number of hydrogen-bond acceptors (Lipinski definition) is 5. The van der Waals surface area contributed by atoms with E-state index in [2.05, 4.69) is 20.6 Å². The molecule has 1 atom stereocenters. The highest BCUT2D eigenvalue weighted by Crippen LogP contribution is 2.25. The summed E-state index contributed by atoms with van der Waals surface area (Å²) in [5.74, 6) is 0.199. The topological polar surface area (TPSA) is 72.7 Å². The summed E-state index contributed by atoms with van der Waals surface area (Å²) in [4.78, 5) is 16.7. The molecule has 7 heteroatoms. The van der Waals surface area contributed by atoms with Crippen molar-refractivity contribution in [3.63, 3.8) is 0 Å². The Kier molecular flexibility index (Phi) is 4.38. The predicted molar refractivity (Wildman–Crippen MR) is 90.3 cm³/mol. The number of carbonyl (C=O) groups excluding carboxylic acids is 1. The van der Waals surface area contributed by atoms with E-state index in [1.807, 2.05) is 51.2 Å². The van der Waals surface area contributed by atoms with Crippen molar-refractivity contribution in [3.8, 4) is 0 Å². The molecule has 1 aromatic carbocycles. The monoisotopic (exact) mass is 329 g/mol. The Morgan fingerprint density at radius 2 is 2.09 bits per heavy atom. The number of thiazole rings is 1. The van der Waals surface area contributed by atoms with Crippen LogP contribution in [0.4, 0.5) is 0 Å². The molecule has 0 aliphatic carbocycles. The fourth-order valence-electron chi connectivity index (χ4n) is 2.23. The van der Waals surface area contributed by atoms with Crippen LogP contribution in [-0.2, 0) is 11.3 Å². The minimum atomic E-state index is -0.131. The maximum atomic E-state index is 12.2. The van der Waals surface area contributed by atoms with Crippen LogP contribution < -0.4 is 5.32 Å². The van der Waals surface area contributed by atoms with Crippen molar-refractivity contribution in [3.05, 3.63) is 41.2 Å². The van der Waals surface area contributed by atoms with Crippen LogP contribution in [0.15, 0.2) is 30.5 Å². The Bertz CT molecular complexity index is 790. The average Bonchev–Trinajstić information content (AvgIpc) is 3.13. The molecule has 3 aromatic rings. The largest absolute Gasteiger partial charge is 0.346 e. The number of carbonyl (C=O) groups is 1. The molecular formula is C16H19N5OS. The van der Waals surface area contributed by atoms with Crippen molar-refractivity contribution in [2.45, 2.75) is 39.3 Å². The number of nitrogens with one attached hydrogen (secondary N) is 1. The fraction of sp³-hybridized carbons (Fsp3) is 0.375. The van der Waals surface area contributed by atoms with Gasteiger partial charge in [-0.3, -0.25) is 4.79 Å². The number of rotatable bonds is 5. The number of amides is 1. The van der Waals surface area contributed by atoms with Crippen LogP contribution >= 0.6 is 11.3 Å². The molecule has 1 amide bonds. The summed E-state index contributed by atoms with van der Waals surface area (Å²) in [5.41, 5.74) is 1.85. The standard InChI is InChI=1S/C16H19N5OS/c1-10(2)13-8-21(20-19-13)9-15(22)17-11(3)16-18-12-6-4-5-7-14(12)23-16/h4-8,10-11H,9H2,1-3H3,(H,17,22)/t11-/m0/s1. The highest BCUT2D eigenvalue weighted by molar-refractivity contribution is 7.18. The first-order valence-electron chi connectivity index (χ1n) is 7.58. The quantitative estimate of drug-likeness (QED) is 0.781. The third kappa shape index (κ3) is 3.56. The van der Waals surface area contributed by atoms with Gasteiger partial charge in [0.2, 0.25) is 5.91 Å². The van der Waals surface area contributed by atoms with Crippen molar-refractivity contribution < 1.29 is 4.79 Å². The lowest BCUT2D eigenvalue weighted by molar-refractivity contribution is -0.122. The minimum Gasteiger partial charge on any atom is -0.346 e. The van der Waals surface area contributed by atoms with E-state index >= 15 is 0 Å². The van der Waals surface area contributed by atoms with Crippen molar-refractivity contribution in [1.82, 2.24) is 25.3 Å². The Balaban J connectivity index is 1.64. The van der Waals surface area contributed by atoms with Gasteiger partial charge in [0.05, 0.1) is 22.0 Å². The Morgan fingerprint density at radius 3 is 2.78 bits per heavy atom. The molecule has 0 aliphatic rings. The van der Waals surface area contributed by atoms with E-state index in [-0.39, 0.29) is 18.5 Å². The molecule has 0 saturated heterocycles. The number of nitrogens with zero attached hydrogens (tertiary/aromatic N) is 4. The first kappa shape index (κ1) is 15.6. The van der Waals surface area contributed by atoms with Gasteiger partial charge in [0.25, 0.3) is 0 Å². The van der Waals surface area contributed by atoms with E-state index in [0.29, 0.717) is 5.92 Å². The predicted octanol–water partition coefficient (Wildman–Crippen LogP) is 2.89. The Labute approximate surface area is 138 Å². The Hall–Kier alpha value is -2.28. The minimum absolute atomic E-state index is 0.100. The zero-order chi connectivity index (χ0) is 16.4. The average molecular weight is 329 g/mol. The van der Waals surface area contributed by atoms with E-state index in [4.69, 9.17) is 0 Å². The third-order valence-electron chi connectivity index (χ3n) is 3.51. The van der Waals surface area contributed by atoms with E-state index in [9.17, 15) is 4.79 Å². The van der Waals surface area contributed by atoms with E-state index < -0.39 is 0 Å². The number of para-hydroxylation sites is 1. The number of fused-ring (bicyclic) bond motifs is 1. The molecule has 1 N–H and O–H groups in total. The van der Waals surface area contributed by atoms with Gasteiger partial charge in [-0.2, -0.15) is 0 Å². The van der Waals surface area contributed by atoms with Crippen LogP contribution in [0.3, 0.4) is 0 Å². The van der Waals surface area contributed by atoms with Crippen molar-refractivity contribution in [2.75, 3.05) is 0 Å². The Morgan fingerprint density at radius 1 is 1.30 bits per heavy atom. The van der Waals surface area contributed by atoms with Gasteiger partial charge in [-0.15, -0.1) is 16.4 Å². The zero-order valence-corrected chi connectivity index (χ0v) is 14.2. The zero-order valence-electron chi connectivity index (χ0n) is 13.4. The lowest BCUT2D eigenvalue weighted by Crippen LogP contribution is -2.30. The van der Waals surface area contributed by atoms with Gasteiger partial charge in [0, 0.05) is 6.20 Å². The lowest BCUT2D eigenvalue weighted by Gasteiger charge is -2.10. The molecule has 2 heterocycles. The molecule has 0 fully saturated rings. The second kappa shape index (κ2) is 6.45. The van der Waals surface area contributed by atoms with Crippen LogP contribution in [0.25, 0.3) is 10.2 Å². The molecular weight excluding hydrogens is 310 g/mol. The third-order valence-corrected chi connectivity index (χ3v) is 4.73. The first-order valence-corrected chi connectivity index (χ1v) is 8.39. The molecule has 2 aromatic heterocycles.